The van der Waals surface area contributed by atoms with E-state index < -0.39 is 12.0 Å². The average molecular weight is 378 g/mol. The molecule has 1 atom stereocenters. The standard InChI is InChI=1S/C14H18BrClN2O3/c1-9(14(20)21)18(6-5-17-10(2)19)8-11-3-4-12(16)7-13(11)15/h3-4,7,9H,5-6,8H2,1-2H3,(H,17,19)(H,20,21). The zero-order valence-corrected chi connectivity index (χ0v) is 14.2. The molecule has 0 aliphatic carbocycles. The highest BCUT2D eigenvalue weighted by molar-refractivity contribution is 9.10. The molecule has 1 aromatic rings. The van der Waals surface area contributed by atoms with Gasteiger partial charge in [-0.1, -0.05) is 33.6 Å². The van der Waals surface area contributed by atoms with E-state index in [-0.39, 0.29) is 5.91 Å². The third-order valence-corrected chi connectivity index (χ3v) is 4.04. The Bertz CT molecular complexity index is 525. The molecule has 21 heavy (non-hydrogen) atoms. The van der Waals surface area contributed by atoms with Crippen LogP contribution in [0.4, 0.5) is 0 Å². The van der Waals surface area contributed by atoms with Crippen LogP contribution in [0.15, 0.2) is 22.7 Å². The van der Waals surface area contributed by atoms with E-state index >= 15 is 0 Å². The predicted molar refractivity (Wildman–Crippen MR) is 85.3 cm³/mol. The number of hydrogen-bond acceptors (Lipinski definition) is 3. The topological polar surface area (TPSA) is 69.6 Å². The number of carboxylic acids is 1. The highest BCUT2D eigenvalue weighted by atomic mass is 79.9. The van der Waals surface area contributed by atoms with Crippen LogP contribution in [0.5, 0.6) is 0 Å². The summed E-state index contributed by atoms with van der Waals surface area (Å²) in [5.74, 6) is -1.03. The van der Waals surface area contributed by atoms with Crippen molar-refractivity contribution in [3.05, 3.63) is 33.3 Å². The SMILES string of the molecule is CC(=O)NCCN(Cc1ccc(Cl)cc1Br)C(C)C(=O)O. The minimum Gasteiger partial charge on any atom is -0.480 e. The second-order valence-electron chi connectivity index (χ2n) is 4.70. The smallest absolute Gasteiger partial charge is 0.320 e. The number of amides is 1. The molecule has 0 saturated heterocycles. The molecule has 1 unspecified atom stereocenters. The van der Waals surface area contributed by atoms with Crippen LogP contribution in [0, 0.1) is 0 Å². The van der Waals surface area contributed by atoms with Crippen molar-refractivity contribution in [1.82, 2.24) is 10.2 Å². The maximum Gasteiger partial charge on any atom is 0.320 e. The van der Waals surface area contributed by atoms with Gasteiger partial charge in [-0.15, -0.1) is 0 Å². The molecule has 7 heteroatoms. The second-order valence-corrected chi connectivity index (χ2v) is 5.99. The maximum absolute atomic E-state index is 11.2. The number of carbonyl (C=O) groups excluding carboxylic acids is 1. The lowest BCUT2D eigenvalue weighted by molar-refractivity contribution is -0.142. The van der Waals surface area contributed by atoms with E-state index in [2.05, 4.69) is 21.2 Å². The van der Waals surface area contributed by atoms with Crippen molar-refractivity contribution in [1.29, 1.82) is 0 Å². The molecule has 1 aromatic carbocycles. The summed E-state index contributed by atoms with van der Waals surface area (Å²) in [6, 6.07) is 4.74. The van der Waals surface area contributed by atoms with Crippen molar-refractivity contribution >= 4 is 39.4 Å². The van der Waals surface area contributed by atoms with Gasteiger partial charge in [-0.05, 0) is 24.6 Å². The van der Waals surface area contributed by atoms with Gasteiger partial charge in [0.1, 0.15) is 6.04 Å². The molecule has 0 aliphatic heterocycles. The largest absolute Gasteiger partial charge is 0.480 e. The van der Waals surface area contributed by atoms with Gasteiger partial charge in [0.25, 0.3) is 0 Å². The van der Waals surface area contributed by atoms with Crippen LogP contribution in [0.25, 0.3) is 0 Å². The average Bonchev–Trinajstić information content (AvgIpc) is 2.38. The fraction of sp³-hybridized carbons (Fsp3) is 0.429. The Balaban J connectivity index is 2.80. The zero-order chi connectivity index (χ0) is 16.0. The van der Waals surface area contributed by atoms with Crippen molar-refractivity contribution in [2.24, 2.45) is 0 Å². The number of hydrogen-bond donors (Lipinski definition) is 2. The van der Waals surface area contributed by atoms with Gasteiger partial charge in [0.05, 0.1) is 0 Å². The zero-order valence-electron chi connectivity index (χ0n) is 11.9. The summed E-state index contributed by atoms with van der Waals surface area (Å²) in [6.07, 6.45) is 0. The van der Waals surface area contributed by atoms with Crippen molar-refractivity contribution < 1.29 is 14.7 Å². The van der Waals surface area contributed by atoms with Gasteiger partial charge in [-0.25, -0.2) is 0 Å². The van der Waals surface area contributed by atoms with E-state index in [1.54, 1.807) is 24.0 Å². The summed E-state index contributed by atoms with van der Waals surface area (Å²) in [7, 11) is 0. The summed E-state index contributed by atoms with van der Waals surface area (Å²) in [5, 5.41) is 12.5. The molecule has 2 N–H and O–H groups in total. The monoisotopic (exact) mass is 376 g/mol. The summed E-state index contributed by atoms with van der Waals surface area (Å²) < 4.78 is 0.831. The highest BCUT2D eigenvalue weighted by Gasteiger charge is 2.21. The molecule has 1 rings (SSSR count). The fourth-order valence-corrected chi connectivity index (χ4v) is 2.62. The number of benzene rings is 1. The van der Waals surface area contributed by atoms with E-state index in [0.29, 0.717) is 24.7 Å². The normalized spacial score (nSPS) is 12.2. The van der Waals surface area contributed by atoms with Crippen molar-refractivity contribution in [3.8, 4) is 0 Å². The molecule has 0 fully saturated rings. The maximum atomic E-state index is 11.2. The lowest BCUT2D eigenvalue weighted by atomic mass is 10.2. The van der Waals surface area contributed by atoms with E-state index in [1.165, 1.54) is 6.92 Å². The van der Waals surface area contributed by atoms with Crippen molar-refractivity contribution in [3.63, 3.8) is 0 Å². The Morgan fingerprint density at radius 3 is 2.67 bits per heavy atom. The third kappa shape index (κ3) is 6.03. The van der Waals surface area contributed by atoms with Crippen molar-refractivity contribution in [2.75, 3.05) is 13.1 Å². The highest BCUT2D eigenvalue weighted by Crippen LogP contribution is 2.23. The Morgan fingerprint density at radius 1 is 1.48 bits per heavy atom. The lowest BCUT2D eigenvalue weighted by Gasteiger charge is -2.26. The predicted octanol–water partition coefficient (Wildman–Crippen LogP) is 2.51. The van der Waals surface area contributed by atoms with Crippen molar-refractivity contribution in [2.45, 2.75) is 26.4 Å². The first-order valence-corrected chi connectivity index (χ1v) is 7.63. The quantitative estimate of drug-likeness (QED) is 0.766. The van der Waals surface area contributed by atoms with Gasteiger partial charge in [-0.2, -0.15) is 0 Å². The Labute approximate surface area is 137 Å². The summed E-state index contributed by atoms with van der Waals surface area (Å²) in [4.78, 5) is 23.9. The van der Waals surface area contributed by atoms with Gasteiger partial charge in [0.15, 0.2) is 0 Å². The molecule has 0 aliphatic rings. The minimum absolute atomic E-state index is 0.134. The van der Waals surface area contributed by atoms with Gasteiger partial charge in [-0.3, -0.25) is 14.5 Å². The number of rotatable bonds is 7. The summed E-state index contributed by atoms with van der Waals surface area (Å²) in [5.41, 5.74) is 0.940. The van der Waals surface area contributed by atoms with Gasteiger partial charge >= 0.3 is 5.97 Å². The third-order valence-electron chi connectivity index (χ3n) is 3.07. The number of nitrogens with one attached hydrogen (secondary N) is 1. The number of halogens is 2. The number of aliphatic carboxylic acids is 1. The van der Waals surface area contributed by atoms with Crippen LogP contribution in [-0.2, 0) is 16.1 Å². The van der Waals surface area contributed by atoms with Crippen LogP contribution in [-0.4, -0.2) is 41.0 Å². The van der Waals surface area contributed by atoms with Crippen LogP contribution in [0.1, 0.15) is 19.4 Å². The lowest BCUT2D eigenvalue weighted by Crippen LogP contribution is -2.42. The number of carbonyl (C=O) groups is 2. The number of carboxylic acid groups (broad SMARTS) is 1. The molecule has 5 nitrogen and oxygen atoms in total. The second kappa shape index (κ2) is 8.36. The van der Waals surface area contributed by atoms with Gasteiger partial charge in [0, 0.05) is 36.1 Å². The molecule has 0 spiro atoms. The van der Waals surface area contributed by atoms with Crippen LogP contribution >= 0.6 is 27.5 Å². The summed E-state index contributed by atoms with van der Waals surface area (Å²) in [6.45, 7) is 4.35. The molecule has 0 bridgehead atoms. The van der Waals surface area contributed by atoms with E-state index in [0.717, 1.165) is 10.0 Å². The number of nitrogens with zero attached hydrogens (tertiary/aromatic N) is 1. The first-order chi connectivity index (χ1) is 9.81. The van der Waals surface area contributed by atoms with Crippen LogP contribution < -0.4 is 5.32 Å². The fourth-order valence-electron chi connectivity index (χ4n) is 1.81. The molecule has 1 amide bonds. The molecular formula is C14H18BrClN2O3. The van der Waals surface area contributed by atoms with E-state index in [4.69, 9.17) is 11.6 Å². The van der Waals surface area contributed by atoms with Gasteiger partial charge < -0.3 is 10.4 Å². The minimum atomic E-state index is -0.900. The summed E-state index contributed by atoms with van der Waals surface area (Å²) >= 11 is 9.32. The van der Waals surface area contributed by atoms with Gasteiger partial charge in [0.2, 0.25) is 5.91 Å². The molecule has 0 heterocycles. The molecule has 0 saturated carbocycles. The Hall–Kier alpha value is -1.11. The molecule has 0 radical (unpaired) electrons. The first-order valence-electron chi connectivity index (χ1n) is 6.46. The molecule has 0 aromatic heterocycles. The Kier molecular flexibility index (Phi) is 7.14. The van der Waals surface area contributed by atoms with Crippen LogP contribution in [0.2, 0.25) is 5.02 Å². The molecular weight excluding hydrogens is 360 g/mol. The van der Waals surface area contributed by atoms with Crippen LogP contribution in [0.3, 0.4) is 0 Å². The van der Waals surface area contributed by atoms with E-state index in [1.807, 2.05) is 6.07 Å². The van der Waals surface area contributed by atoms with E-state index in [9.17, 15) is 14.7 Å². The molecule has 116 valence electrons. The Morgan fingerprint density at radius 2 is 2.14 bits per heavy atom. The first kappa shape index (κ1) is 17.9.